The van der Waals surface area contributed by atoms with Crippen molar-refractivity contribution in [2.24, 2.45) is 0 Å². The third kappa shape index (κ3) is 3.04. The first kappa shape index (κ1) is 13.8. The number of hydrogen-bond donors (Lipinski definition) is 0. The van der Waals surface area contributed by atoms with Crippen LogP contribution in [0.15, 0.2) is 53.0 Å². The third-order valence-corrected chi connectivity index (χ3v) is 3.61. The summed E-state index contributed by atoms with van der Waals surface area (Å²) in [5.41, 5.74) is 1.61. The molecule has 2 nitrogen and oxygen atoms in total. The zero-order chi connectivity index (χ0) is 13.8. The molecule has 0 N–H and O–H groups in total. The van der Waals surface area contributed by atoms with Crippen LogP contribution in [0.3, 0.4) is 0 Å². The maximum absolute atomic E-state index is 12.6. The molecule has 0 aliphatic heterocycles. The second kappa shape index (κ2) is 6.02. The van der Waals surface area contributed by atoms with Crippen LogP contribution >= 0.6 is 15.9 Å². The summed E-state index contributed by atoms with van der Waals surface area (Å²) in [5.74, 6) is 0.477. The highest BCUT2D eigenvalue weighted by Crippen LogP contribution is 2.28. The highest BCUT2D eigenvalue weighted by molar-refractivity contribution is 9.10. The molecule has 3 heteroatoms. The molecule has 0 fully saturated rings. The number of ether oxygens (including phenoxy) is 1. The normalized spacial score (nSPS) is 11.9. The van der Waals surface area contributed by atoms with Crippen molar-refractivity contribution in [3.8, 4) is 5.75 Å². The Hall–Kier alpha value is -1.61. The highest BCUT2D eigenvalue weighted by Gasteiger charge is 2.20. The van der Waals surface area contributed by atoms with Crippen molar-refractivity contribution in [1.29, 1.82) is 0 Å². The maximum atomic E-state index is 12.6. The molecule has 0 bridgehead atoms. The molecule has 0 aliphatic rings. The van der Waals surface area contributed by atoms with Crippen molar-refractivity contribution in [3.05, 3.63) is 64.1 Å². The van der Waals surface area contributed by atoms with E-state index in [1.807, 2.05) is 43.3 Å². The summed E-state index contributed by atoms with van der Waals surface area (Å²) in [6, 6.07) is 15.2. The fourth-order valence-corrected chi connectivity index (χ4v) is 2.36. The lowest BCUT2D eigenvalue weighted by atomic mass is 9.92. The number of ketones is 1. The summed E-state index contributed by atoms with van der Waals surface area (Å²) in [6.45, 7) is 1.91. The zero-order valence-corrected chi connectivity index (χ0v) is 12.5. The van der Waals surface area contributed by atoms with Crippen LogP contribution in [0.25, 0.3) is 0 Å². The number of methoxy groups -OCH3 is 1. The highest BCUT2D eigenvalue weighted by atomic mass is 79.9. The van der Waals surface area contributed by atoms with Crippen molar-refractivity contribution < 1.29 is 9.53 Å². The smallest absolute Gasteiger partial charge is 0.173 e. The molecule has 0 aliphatic carbocycles. The number of benzene rings is 2. The molecule has 0 aromatic heterocycles. The van der Waals surface area contributed by atoms with Gasteiger partial charge >= 0.3 is 0 Å². The van der Waals surface area contributed by atoms with Crippen LogP contribution in [-0.4, -0.2) is 12.9 Å². The first-order valence-electron chi connectivity index (χ1n) is 6.06. The predicted octanol–water partition coefficient (Wildman–Crippen LogP) is 4.44. The van der Waals surface area contributed by atoms with Crippen LogP contribution in [0.5, 0.6) is 5.75 Å². The van der Waals surface area contributed by atoms with Gasteiger partial charge < -0.3 is 4.74 Å². The Morgan fingerprint density at radius 2 is 1.84 bits per heavy atom. The van der Waals surface area contributed by atoms with E-state index in [2.05, 4.69) is 15.9 Å². The molecule has 0 saturated heterocycles. The van der Waals surface area contributed by atoms with Gasteiger partial charge in [-0.3, -0.25) is 4.79 Å². The monoisotopic (exact) mass is 318 g/mol. The molecule has 0 heterocycles. The molecule has 98 valence electrons. The molecule has 1 atom stereocenters. The molecule has 0 saturated carbocycles. The number of Topliss-reactive ketones (excluding diaryl/α,β-unsaturated/α-hetero) is 1. The molecule has 2 aromatic rings. The van der Waals surface area contributed by atoms with Gasteiger partial charge in [0.25, 0.3) is 0 Å². The summed E-state index contributed by atoms with van der Waals surface area (Å²) in [5, 5.41) is 0. The first-order chi connectivity index (χ1) is 9.13. The fourth-order valence-electron chi connectivity index (χ4n) is 2.00. The molecule has 0 radical (unpaired) electrons. The first-order valence-corrected chi connectivity index (χ1v) is 6.85. The van der Waals surface area contributed by atoms with Gasteiger partial charge in [-0.05, 0) is 23.8 Å². The van der Waals surface area contributed by atoms with Crippen LogP contribution in [0.4, 0.5) is 0 Å². The van der Waals surface area contributed by atoms with E-state index in [9.17, 15) is 4.79 Å². The van der Waals surface area contributed by atoms with E-state index in [1.165, 1.54) is 0 Å². The van der Waals surface area contributed by atoms with Gasteiger partial charge in [0, 0.05) is 10.4 Å². The second-order valence-electron chi connectivity index (χ2n) is 4.34. The van der Waals surface area contributed by atoms with Crippen molar-refractivity contribution >= 4 is 21.7 Å². The lowest BCUT2D eigenvalue weighted by Gasteiger charge is -2.14. The van der Waals surface area contributed by atoms with Crippen molar-refractivity contribution in [2.75, 3.05) is 7.11 Å². The van der Waals surface area contributed by atoms with E-state index >= 15 is 0 Å². The average molecular weight is 319 g/mol. The van der Waals surface area contributed by atoms with Crippen LogP contribution < -0.4 is 4.74 Å². The third-order valence-electron chi connectivity index (χ3n) is 3.12. The van der Waals surface area contributed by atoms with E-state index < -0.39 is 0 Å². The molecule has 0 spiro atoms. The topological polar surface area (TPSA) is 26.3 Å². The molecule has 19 heavy (non-hydrogen) atoms. The Balaban J connectivity index is 2.37. The van der Waals surface area contributed by atoms with Gasteiger partial charge in [0.1, 0.15) is 5.75 Å². The minimum absolute atomic E-state index is 0.0596. The average Bonchev–Trinajstić information content (AvgIpc) is 2.46. The summed E-state index contributed by atoms with van der Waals surface area (Å²) in [7, 11) is 1.58. The summed E-state index contributed by atoms with van der Waals surface area (Å²) >= 11 is 3.39. The molecular formula is C16H15BrO2. The SMILES string of the molecule is COc1ccc(Br)cc1C(=O)C(C)c1ccccc1. The van der Waals surface area contributed by atoms with Gasteiger partial charge in [0.2, 0.25) is 0 Å². The second-order valence-corrected chi connectivity index (χ2v) is 5.26. The standard InChI is InChI=1S/C16H15BrO2/c1-11(12-6-4-3-5-7-12)16(18)14-10-13(17)8-9-15(14)19-2/h3-11H,1-2H3. The summed E-state index contributed by atoms with van der Waals surface area (Å²) < 4.78 is 6.14. The van der Waals surface area contributed by atoms with E-state index in [1.54, 1.807) is 19.2 Å². The number of rotatable bonds is 4. The predicted molar refractivity (Wildman–Crippen MR) is 79.9 cm³/mol. The Bertz CT molecular complexity index is 579. The number of halogens is 1. The Kier molecular flexibility index (Phi) is 4.38. The minimum atomic E-state index is -0.190. The largest absolute Gasteiger partial charge is 0.496 e. The maximum Gasteiger partial charge on any atom is 0.173 e. The summed E-state index contributed by atoms with van der Waals surface area (Å²) in [4.78, 5) is 12.6. The zero-order valence-electron chi connectivity index (χ0n) is 10.9. The van der Waals surface area contributed by atoms with Gasteiger partial charge in [-0.1, -0.05) is 53.2 Å². The quantitative estimate of drug-likeness (QED) is 0.779. The van der Waals surface area contributed by atoms with Crippen molar-refractivity contribution in [2.45, 2.75) is 12.8 Å². The van der Waals surface area contributed by atoms with E-state index in [0.29, 0.717) is 11.3 Å². The van der Waals surface area contributed by atoms with Crippen LogP contribution in [-0.2, 0) is 0 Å². The molecule has 2 rings (SSSR count). The molecular weight excluding hydrogens is 304 g/mol. The Morgan fingerprint density at radius 1 is 1.16 bits per heavy atom. The van der Waals surface area contributed by atoms with Crippen LogP contribution in [0.1, 0.15) is 28.8 Å². The van der Waals surface area contributed by atoms with Gasteiger partial charge in [0.05, 0.1) is 12.7 Å². The van der Waals surface area contributed by atoms with Crippen molar-refractivity contribution in [1.82, 2.24) is 0 Å². The van der Waals surface area contributed by atoms with Crippen LogP contribution in [0, 0.1) is 0 Å². The molecule has 0 amide bonds. The van der Waals surface area contributed by atoms with E-state index in [4.69, 9.17) is 4.74 Å². The molecule has 2 aromatic carbocycles. The lowest BCUT2D eigenvalue weighted by Crippen LogP contribution is -2.11. The van der Waals surface area contributed by atoms with E-state index in [0.717, 1.165) is 10.0 Å². The number of carbonyl (C=O) groups excluding carboxylic acids is 1. The van der Waals surface area contributed by atoms with Gasteiger partial charge in [0.15, 0.2) is 5.78 Å². The lowest BCUT2D eigenvalue weighted by molar-refractivity contribution is 0.0963. The van der Waals surface area contributed by atoms with Gasteiger partial charge in [-0.25, -0.2) is 0 Å². The van der Waals surface area contributed by atoms with Gasteiger partial charge in [-0.15, -0.1) is 0 Å². The Labute approximate surface area is 121 Å². The number of hydrogen-bond acceptors (Lipinski definition) is 2. The number of carbonyl (C=O) groups is 1. The summed E-state index contributed by atoms with van der Waals surface area (Å²) in [6.07, 6.45) is 0. The molecule has 1 unspecified atom stereocenters. The van der Waals surface area contributed by atoms with Crippen molar-refractivity contribution in [3.63, 3.8) is 0 Å². The van der Waals surface area contributed by atoms with Crippen LogP contribution in [0.2, 0.25) is 0 Å². The minimum Gasteiger partial charge on any atom is -0.496 e. The van der Waals surface area contributed by atoms with Gasteiger partial charge in [-0.2, -0.15) is 0 Å². The fraction of sp³-hybridized carbons (Fsp3) is 0.188. The van der Waals surface area contributed by atoms with E-state index in [-0.39, 0.29) is 11.7 Å². The Morgan fingerprint density at radius 3 is 2.47 bits per heavy atom.